The Morgan fingerprint density at radius 3 is 2.69 bits per heavy atom. The van der Waals surface area contributed by atoms with Gasteiger partial charge in [-0.25, -0.2) is 0 Å². The Morgan fingerprint density at radius 2 is 1.93 bits per heavy atom. The average Bonchev–Trinajstić information content (AvgIpc) is 3.15. The first kappa shape index (κ1) is 18.7. The summed E-state index contributed by atoms with van der Waals surface area (Å²) in [5, 5.41) is 10.3. The van der Waals surface area contributed by atoms with Crippen LogP contribution in [0.1, 0.15) is 21.5 Å². The highest BCUT2D eigenvalue weighted by atomic mass is 19.4. The minimum absolute atomic E-state index is 0.299. The number of nitrogens with zero attached hydrogens (tertiary/aromatic N) is 2. The standard InChI is InChI=1S/C21H15F3N4O/c22-21(23,24)16-5-1-4-14(9-16)19-17-10-15(6-7-18(17)27-28-19)20(29)26-12-13-3-2-8-25-11-13/h1-11H,12H2,(H,26,29)(H,27,28). The van der Waals surface area contributed by atoms with Crippen molar-refractivity contribution in [3.8, 4) is 11.3 Å². The molecule has 0 saturated heterocycles. The fourth-order valence-electron chi connectivity index (χ4n) is 3.01. The number of carbonyl (C=O) groups excluding carboxylic acids is 1. The zero-order chi connectivity index (χ0) is 20.4. The second-order valence-corrected chi connectivity index (χ2v) is 6.46. The lowest BCUT2D eigenvalue weighted by molar-refractivity contribution is -0.137. The molecule has 2 heterocycles. The maximum atomic E-state index is 13.0. The van der Waals surface area contributed by atoms with E-state index < -0.39 is 11.7 Å². The van der Waals surface area contributed by atoms with Crippen LogP contribution in [0, 0.1) is 0 Å². The van der Waals surface area contributed by atoms with Gasteiger partial charge in [-0.05, 0) is 42.0 Å². The van der Waals surface area contributed by atoms with E-state index in [-0.39, 0.29) is 5.91 Å². The number of alkyl halides is 3. The van der Waals surface area contributed by atoms with Crippen LogP contribution in [0.3, 0.4) is 0 Å². The van der Waals surface area contributed by atoms with Crippen LogP contribution >= 0.6 is 0 Å². The fourth-order valence-corrected chi connectivity index (χ4v) is 3.01. The maximum Gasteiger partial charge on any atom is 0.416 e. The normalized spacial score (nSPS) is 11.6. The largest absolute Gasteiger partial charge is 0.416 e. The summed E-state index contributed by atoms with van der Waals surface area (Å²) in [4.78, 5) is 16.5. The fraction of sp³-hybridized carbons (Fsp3) is 0.0952. The predicted octanol–water partition coefficient (Wildman–Crippen LogP) is 4.57. The molecule has 0 spiro atoms. The first-order valence-electron chi connectivity index (χ1n) is 8.75. The SMILES string of the molecule is O=C(NCc1cccnc1)c1ccc2[nH]nc(-c3cccc(C(F)(F)F)c3)c2c1. The van der Waals surface area contributed by atoms with Gasteiger partial charge >= 0.3 is 6.18 Å². The summed E-state index contributed by atoms with van der Waals surface area (Å²) in [6, 6.07) is 13.5. The van der Waals surface area contributed by atoms with Gasteiger partial charge in [0.2, 0.25) is 0 Å². The van der Waals surface area contributed by atoms with E-state index in [9.17, 15) is 18.0 Å². The average molecular weight is 396 g/mol. The quantitative estimate of drug-likeness (QED) is 0.531. The van der Waals surface area contributed by atoms with Crippen LogP contribution in [-0.4, -0.2) is 21.1 Å². The molecule has 0 aliphatic heterocycles. The lowest BCUT2D eigenvalue weighted by atomic mass is 10.0. The van der Waals surface area contributed by atoms with Crippen LogP contribution in [0.15, 0.2) is 67.0 Å². The van der Waals surface area contributed by atoms with Gasteiger partial charge in [0.25, 0.3) is 5.91 Å². The molecule has 0 bridgehead atoms. The van der Waals surface area contributed by atoms with Crippen LogP contribution in [0.5, 0.6) is 0 Å². The summed E-state index contributed by atoms with van der Waals surface area (Å²) >= 11 is 0. The Kier molecular flexibility index (Phi) is 4.75. The van der Waals surface area contributed by atoms with Gasteiger partial charge in [-0.15, -0.1) is 0 Å². The van der Waals surface area contributed by atoms with Gasteiger partial charge in [0.05, 0.1) is 16.8 Å². The summed E-state index contributed by atoms with van der Waals surface area (Å²) in [6.45, 7) is 0.316. The third-order valence-corrected chi connectivity index (χ3v) is 4.46. The first-order valence-corrected chi connectivity index (χ1v) is 8.75. The highest BCUT2D eigenvalue weighted by molar-refractivity contribution is 6.01. The van der Waals surface area contributed by atoms with Crippen molar-refractivity contribution in [1.82, 2.24) is 20.5 Å². The Labute approximate surface area is 163 Å². The van der Waals surface area contributed by atoms with E-state index in [4.69, 9.17) is 0 Å². The number of aromatic nitrogens is 3. The second-order valence-electron chi connectivity index (χ2n) is 6.46. The van der Waals surface area contributed by atoms with Crippen molar-refractivity contribution in [3.63, 3.8) is 0 Å². The van der Waals surface area contributed by atoms with Gasteiger partial charge < -0.3 is 5.32 Å². The third kappa shape index (κ3) is 3.96. The molecule has 0 aliphatic carbocycles. The van der Waals surface area contributed by atoms with Crippen molar-refractivity contribution >= 4 is 16.8 Å². The molecule has 29 heavy (non-hydrogen) atoms. The van der Waals surface area contributed by atoms with E-state index in [1.165, 1.54) is 6.07 Å². The third-order valence-electron chi connectivity index (χ3n) is 4.46. The van der Waals surface area contributed by atoms with Gasteiger partial charge in [0, 0.05) is 35.5 Å². The molecular formula is C21H15F3N4O. The monoisotopic (exact) mass is 396 g/mol. The van der Waals surface area contributed by atoms with Crippen molar-refractivity contribution < 1.29 is 18.0 Å². The van der Waals surface area contributed by atoms with Gasteiger partial charge in [-0.2, -0.15) is 18.3 Å². The molecule has 0 atom stereocenters. The Bertz CT molecular complexity index is 1170. The Hall–Kier alpha value is -3.68. The number of H-pyrrole nitrogens is 1. The molecule has 5 nitrogen and oxygen atoms in total. The number of amides is 1. The molecule has 4 rings (SSSR count). The number of pyridine rings is 1. The molecular weight excluding hydrogens is 381 g/mol. The van der Waals surface area contributed by atoms with Crippen molar-refractivity contribution in [2.45, 2.75) is 12.7 Å². The van der Waals surface area contributed by atoms with E-state index in [2.05, 4.69) is 20.5 Å². The number of benzene rings is 2. The molecule has 0 fully saturated rings. The van der Waals surface area contributed by atoms with E-state index in [0.717, 1.165) is 17.7 Å². The maximum absolute atomic E-state index is 13.0. The second kappa shape index (κ2) is 7.38. The van der Waals surface area contributed by atoms with E-state index >= 15 is 0 Å². The van der Waals surface area contributed by atoms with Crippen LogP contribution in [-0.2, 0) is 12.7 Å². The van der Waals surface area contributed by atoms with Crippen molar-refractivity contribution in [1.29, 1.82) is 0 Å². The van der Waals surface area contributed by atoms with Crippen molar-refractivity contribution in [2.75, 3.05) is 0 Å². The number of halogens is 3. The van der Waals surface area contributed by atoms with Gasteiger partial charge in [-0.1, -0.05) is 18.2 Å². The topological polar surface area (TPSA) is 70.7 Å². The van der Waals surface area contributed by atoms with Crippen LogP contribution in [0.25, 0.3) is 22.2 Å². The molecule has 2 aromatic carbocycles. The number of fused-ring (bicyclic) bond motifs is 1. The van der Waals surface area contributed by atoms with Crippen molar-refractivity contribution in [2.24, 2.45) is 0 Å². The molecule has 0 unspecified atom stereocenters. The number of rotatable bonds is 4. The molecule has 2 aromatic heterocycles. The summed E-state index contributed by atoms with van der Waals surface area (Å²) in [5.41, 5.74) is 1.79. The van der Waals surface area contributed by atoms with E-state index in [0.29, 0.717) is 34.3 Å². The molecule has 0 aliphatic rings. The molecule has 1 amide bonds. The summed E-state index contributed by atoms with van der Waals surface area (Å²) in [6.07, 6.45) is -1.14. The summed E-state index contributed by atoms with van der Waals surface area (Å²) < 4.78 is 39.1. The Balaban J connectivity index is 1.64. The zero-order valence-corrected chi connectivity index (χ0v) is 15.0. The minimum Gasteiger partial charge on any atom is -0.348 e. The molecule has 2 N–H and O–H groups in total. The molecule has 4 aromatic rings. The Morgan fingerprint density at radius 1 is 1.07 bits per heavy atom. The summed E-state index contributed by atoms with van der Waals surface area (Å²) in [7, 11) is 0. The van der Waals surface area contributed by atoms with Crippen LogP contribution < -0.4 is 5.32 Å². The summed E-state index contributed by atoms with van der Waals surface area (Å²) in [5.74, 6) is -0.299. The number of carbonyl (C=O) groups is 1. The highest BCUT2D eigenvalue weighted by Gasteiger charge is 2.30. The zero-order valence-electron chi connectivity index (χ0n) is 15.0. The van der Waals surface area contributed by atoms with Crippen LogP contribution in [0.2, 0.25) is 0 Å². The molecule has 0 saturated carbocycles. The molecule has 146 valence electrons. The lowest BCUT2D eigenvalue weighted by Gasteiger charge is -2.08. The van der Waals surface area contributed by atoms with Gasteiger partial charge in [0.15, 0.2) is 0 Å². The van der Waals surface area contributed by atoms with Crippen molar-refractivity contribution in [3.05, 3.63) is 83.7 Å². The van der Waals surface area contributed by atoms with E-state index in [1.807, 2.05) is 6.07 Å². The molecule has 0 radical (unpaired) electrons. The van der Waals surface area contributed by atoms with E-state index in [1.54, 1.807) is 42.7 Å². The molecule has 8 heteroatoms. The number of nitrogens with one attached hydrogen (secondary N) is 2. The van der Waals surface area contributed by atoms with Gasteiger partial charge in [-0.3, -0.25) is 14.9 Å². The number of aromatic amines is 1. The predicted molar refractivity (Wildman–Crippen MR) is 102 cm³/mol. The van der Waals surface area contributed by atoms with Gasteiger partial charge in [0.1, 0.15) is 0 Å². The number of hydrogen-bond acceptors (Lipinski definition) is 3. The first-order chi connectivity index (χ1) is 13.9. The minimum atomic E-state index is -4.44. The smallest absolute Gasteiger partial charge is 0.348 e. The highest BCUT2D eigenvalue weighted by Crippen LogP contribution is 2.33. The number of hydrogen-bond donors (Lipinski definition) is 2. The van der Waals surface area contributed by atoms with Crippen LogP contribution in [0.4, 0.5) is 13.2 Å². The lowest BCUT2D eigenvalue weighted by Crippen LogP contribution is -2.22.